The fraction of sp³-hybridized carbons (Fsp3) is 0.333. The molecule has 0 aliphatic carbocycles. The van der Waals surface area contributed by atoms with Gasteiger partial charge < -0.3 is 4.57 Å². The Morgan fingerprint density at radius 1 is 1.04 bits per heavy atom. The third-order valence-corrected chi connectivity index (χ3v) is 7.53. The van der Waals surface area contributed by atoms with Crippen molar-refractivity contribution in [2.45, 2.75) is 31.1 Å². The van der Waals surface area contributed by atoms with Crippen LogP contribution in [-0.2, 0) is 17.1 Å². The zero-order valence-corrected chi connectivity index (χ0v) is 16.3. The summed E-state index contributed by atoms with van der Waals surface area (Å²) in [5.74, 6) is 0.230. The molecule has 2 aromatic carbocycles. The average molecular weight is 369 g/mol. The number of aromatic nitrogens is 1. The minimum Gasteiger partial charge on any atom is -0.347 e. The van der Waals surface area contributed by atoms with Crippen molar-refractivity contribution < 1.29 is 8.42 Å². The number of benzene rings is 2. The summed E-state index contributed by atoms with van der Waals surface area (Å²) in [6.45, 7) is 4.97. The minimum atomic E-state index is -3.45. The number of aryl methyl sites for hydroxylation is 3. The van der Waals surface area contributed by atoms with Crippen LogP contribution in [0.3, 0.4) is 0 Å². The van der Waals surface area contributed by atoms with Gasteiger partial charge in [0.15, 0.2) is 0 Å². The lowest BCUT2D eigenvalue weighted by Gasteiger charge is -2.18. The Balaban J connectivity index is 1.64. The van der Waals surface area contributed by atoms with Gasteiger partial charge in [-0.15, -0.1) is 0 Å². The summed E-state index contributed by atoms with van der Waals surface area (Å²) in [5.41, 5.74) is 4.30. The molecular weight excluding hydrogens is 344 g/mol. The zero-order valence-electron chi connectivity index (χ0n) is 15.4. The second-order valence-electron chi connectivity index (χ2n) is 7.30. The maximum absolute atomic E-state index is 13.1. The standard InChI is InChI=1S/C21H24N2O2S/c1-15-8-9-21(16(2)12-15)26(24,25)23-11-10-18(14-23)20-13-17-6-4-5-7-19(17)22(20)3/h4-9,12-13,18H,10-11,14H2,1-3H3. The molecule has 1 atom stereocenters. The maximum Gasteiger partial charge on any atom is 0.243 e. The second kappa shape index (κ2) is 6.25. The number of fused-ring (bicyclic) bond motifs is 1. The van der Waals surface area contributed by atoms with Crippen LogP contribution >= 0.6 is 0 Å². The molecule has 0 saturated carbocycles. The number of para-hydroxylation sites is 1. The fourth-order valence-corrected chi connectivity index (χ4v) is 5.82. The van der Waals surface area contributed by atoms with E-state index in [-0.39, 0.29) is 5.92 Å². The first kappa shape index (κ1) is 17.3. The van der Waals surface area contributed by atoms with E-state index >= 15 is 0 Å². The van der Waals surface area contributed by atoms with Gasteiger partial charge in [-0.05, 0) is 49.4 Å². The molecule has 5 heteroatoms. The van der Waals surface area contributed by atoms with Crippen LogP contribution in [0.5, 0.6) is 0 Å². The third kappa shape index (κ3) is 2.75. The van der Waals surface area contributed by atoms with Crippen molar-refractivity contribution in [1.29, 1.82) is 0 Å². The highest BCUT2D eigenvalue weighted by molar-refractivity contribution is 7.89. The van der Waals surface area contributed by atoms with Crippen LogP contribution in [0.2, 0.25) is 0 Å². The summed E-state index contributed by atoms with van der Waals surface area (Å²) in [4.78, 5) is 0.431. The Hall–Kier alpha value is -2.11. The Morgan fingerprint density at radius 2 is 1.81 bits per heavy atom. The topological polar surface area (TPSA) is 42.3 Å². The van der Waals surface area contributed by atoms with Crippen LogP contribution in [0.1, 0.15) is 29.2 Å². The van der Waals surface area contributed by atoms with Gasteiger partial charge in [0, 0.05) is 37.3 Å². The number of hydrogen-bond acceptors (Lipinski definition) is 2. The predicted molar refractivity (Wildman–Crippen MR) is 105 cm³/mol. The molecular formula is C21H24N2O2S. The lowest BCUT2D eigenvalue weighted by molar-refractivity contribution is 0.471. The van der Waals surface area contributed by atoms with Gasteiger partial charge in [-0.25, -0.2) is 8.42 Å². The first-order valence-electron chi connectivity index (χ1n) is 8.99. The quantitative estimate of drug-likeness (QED) is 0.702. The first-order valence-corrected chi connectivity index (χ1v) is 10.4. The SMILES string of the molecule is Cc1ccc(S(=O)(=O)N2CCC(c3cc4ccccc4n3C)C2)c(C)c1. The highest BCUT2D eigenvalue weighted by atomic mass is 32.2. The van der Waals surface area contributed by atoms with E-state index in [1.54, 1.807) is 10.4 Å². The van der Waals surface area contributed by atoms with Crippen LogP contribution in [0.15, 0.2) is 53.4 Å². The molecule has 4 nitrogen and oxygen atoms in total. The van der Waals surface area contributed by atoms with Crippen LogP contribution < -0.4 is 0 Å². The van der Waals surface area contributed by atoms with Crippen LogP contribution in [0, 0.1) is 13.8 Å². The van der Waals surface area contributed by atoms with Crippen molar-refractivity contribution in [3.8, 4) is 0 Å². The Labute approximate surface area is 155 Å². The number of hydrogen-bond donors (Lipinski definition) is 0. The Morgan fingerprint density at radius 3 is 2.54 bits per heavy atom. The Bertz CT molecular complexity index is 1080. The van der Waals surface area contributed by atoms with Gasteiger partial charge in [-0.1, -0.05) is 35.9 Å². The van der Waals surface area contributed by atoms with E-state index in [1.165, 1.54) is 16.6 Å². The zero-order chi connectivity index (χ0) is 18.5. The van der Waals surface area contributed by atoms with Crippen LogP contribution in [-0.4, -0.2) is 30.4 Å². The van der Waals surface area contributed by atoms with Gasteiger partial charge in [0.25, 0.3) is 0 Å². The van der Waals surface area contributed by atoms with E-state index in [1.807, 2.05) is 38.1 Å². The van der Waals surface area contributed by atoms with E-state index in [2.05, 4.69) is 29.8 Å². The summed E-state index contributed by atoms with van der Waals surface area (Å²) < 4.78 is 30.1. The molecule has 1 saturated heterocycles. The average Bonchev–Trinajstić information content (AvgIpc) is 3.20. The van der Waals surface area contributed by atoms with Crippen molar-refractivity contribution in [3.05, 3.63) is 65.4 Å². The molecule has 1 fully saturated rings. The molecule has 0 spiro atoms. The summed E-state index contributed by atoms with van der Waals surface area (Å²) in [5, 5.41) is 1.21. The molecule has 0 N–H and O–H groups in total. The molecule has 136 valence electrons. The van der Waals surface area contributed by atoms with Gasteiger partial charge in [0.1, 0.15) is 0 Å². The van der Waals surface area contributed by atoms with Gasteiger partial charge in [-0.2, -0.15) is 4.31 Å². The maximum atomic E-state index is 13.1. The monoisotopic (exact) mass is 368 g/mol. The molecule has 1 aliphatic heterocycles. The van der Waals surface area contributed by atoms with Crippen molar-refractivity contribution in [2.75, 3.05) is 13.1 Å². The highest BCUT2D eigenvalue weighted by Crippen LogP contribution is 2.34. The summed E-state index contributed by atoms with van der Waals surface area (Å²) >= 11 is 0. The first-order chi connectivity index (χ1) is 12.4. The van der Waals surface area contributed by atoms with E-state index in [0.717, 1.165) is 17.5 Å². The smallest absolute Gasteiger partial charge is 0.243 e. The lowest BCUT2D eigenvalue weighted by Crippen LogP contribution is -2.29. The predicted octanol–water partition coefficient (Wildman–Crippen LogP) is 3.97. The van der Waals surface area contributed by atoms with Crippen LogP contribution in [0.4, 0.5) is 0 Å². The summed E-state index contributed by atoms with van der Waals surface area (Å²) in [6, 6.07) is 16.0. The molecule has 1 aliphatic rings. The molecule has 0 amide bonds. The van der Waals surface area contributed by atoms with Gasteiger partial charge >= 0.3 is 0 Å². The molecule has 1 aromatic heterocycles. The molecule has 0 bridgehead atoms. The second-order valence-corrected chi connectivity index (χ2v) is 9.21. The molecule has 4 rings (SSSR count). The van der Waals surface area contributed by atoms with Gasteiger partial charge in [0.05, 0.1) is 4.90 Å². The molecule has 3 aromatic rings. The van der Waals surface area contributed by atoms with E-state index in [0.29, 0.717) is 18.0 Å². The van der Waals surface area contributed by atoms with Gasteiger partial charge in [0.2, 0.25) is 10.0 Å². The summed E-state index contributed by atoms with van der Waals surface area (Å²) in [6.07, 6.45) is 0.855. The van der Waals surface area contributed by atoms with Crippen LogP contribution in [0.25, 0.3) is 10.9 Å². The van der Waals surface area contributed by atoms with Crippen molar-refractivity contribution in [2.24, 2.45) is 7.05 Å². The minimum absolute atomic E-state index is 0.230. The molecule has 2 heterocycles. The number of nitrogens with zero attached hydrogens (tertiary/aromatic N) is 2. The molecule has 1 unspecified atom stereocenters. The normalized spacial score (nSPS) is 18.7. The highest BCUT2D eigenvalue weighted by Gasteiger charge is 2.35. The largest absolute Gasteiger partial charge is 0.347 e. The Kier molecular flexibility index (Phi) is 4.16. The fourth-order valence-electron chi connectivity index (χ4n) is 4.12. The van der Waals surface area contributed by atoms with E-state index in [9.17, 15) is 8.42 Å². The van der Waals surface area contributed by atoms with Gasteiger partial charge in [-0.3, -0.25) is 0 Å². The van der Waals surface area contributed by atoms with Crippen molar-refractivity contribution >= 4 is 20.9 Å². The third-order valence-electron chi connectivity index (χ3n) is 5.51. The molecule has 0 radical (unpaired) electrons. The number of rotatable bonds is 3. The number of sulfonamides is 1. The summed E-state index contributed by atoms with van der Waals surface area (Å²) in [7, 11) is -1.38. The lowest BCUT2D eigenvalue weighted by atomic mass is 10.1. The van der Waals surface area contributed by atoms with Crippen molar-refractivity contribution in [1.82, 2.24) is 8.87 Å². The van der Waals surface area contributed by atoms with E-state index < -0.39 is 10.0 Å². The molecule has 26 heavy (non-hydrogen) atoms. The van der Waals surface area contributed by atoms with Crippen molar-refractivity contribution in [3.63, 3.8) is 0 Å². The van der Waals surface area contributed by atoms with E-state index in [4.69, 9.17) is 0 Å².